The number of hydrogen-bond acceptors (Lipinski definition) is 8. The van der Waals surface area contributed by atoms with E-state index in [1.54, 1.807) is 31.2 Å². The first kappa shape index (κ1) is 32.5. The second kappa shape index (κ2) is 14.0. The van der Waals surface area contributed by atoms with E-state index in [1.165, 1.54) is 41.2 Å². The molecule has 1 N–H and O–H groups in total. The van der Waals surface area contributed by atoms with Crippen LogP contribution >= 0.6 is 23.2 Å². The molecule has 46 heavy (non-hydrogen) atoms. The first-order valence-electron chi connectivity index (χ1n) is 13.4. The van der Waals surface area contributed by atoms with Crippen molar-refractivity contribution >= 4 is 34.9 Å². The Balaban J connectivity index is 1.43. The summed E-state index contributed by atoms with van der Waals surface area (Å²) in [7, 11) is 0. The number of nitrogens with zero attached hydrogens (tertiary/aromatic N) is 7. The molecule has 5 aromatic rings. The van der Waals surface area contributed by atoms with Crippen molar-refractivity contribution in [1.82, 2.24) is 40.3 Å². The Morgan fingerprint density at radius 1 is 1.02 bits per heavy atom. The second-order valence-electron chi connectivity index (χ2n) is 9.78. The third-order valence-electron chi connectivity index (χ3n) is 6.55. The fraction of sp³-hybridized carbons (Fsp3) is 0.207. The molecular weight excluding hydrogens is 655 g/mol. The topological polar surface area (TPSA) is 130 Å². The Kier molecular flexibility index (Phi) is 9.92. The molecule has 3 aromatic heterocycles. The molecule has 0 bridgehead atoms. The summed E-state index contributed by atoms with van der Waals surface area (Å²) in [6.45, 7) is -1.55. The van der Waals surface area contributed by atoms with E-state index in [2.05, 4.69) is 35.5 Å². The zero-order chi connectivity index (χ0) is 33.0. The number of benzene rings is 2. The van der Waals surface area contributed by atoms with E-state index in [1.807, 2.05) is 0 Å². The molecule has 0 aliphatic heterocycles. The summed E-state index contributed by atoms with van der Waals surface area (Å²) in [5.41, 5.74) is 1.77. The van der Waals surface area contributed by atoms with E-state index in [9.17, 15) is 27.2 Å². The maximum absolute atomic E-state index is 13.9. The molecule has 0 unspecified atom stereocenters. The van der Waals surface area contributed by atoms with Crippen molar-refractivity contribution in [2.75, 3.05) is 0 Å². The van der Waals surface area contributed by atoms with Gasteiger partial charge in [0.2, 0.25) is 5.82 Å². The Labute approximate surface area is 268 Å². The van der Waals surface area contributed by atoms with E-state index in [-0.39, 0.29) is 58.1 Å². The Hall–Kier alpha value is -4.89. The third kappa shape index (κ3) is 7.66. The number of nitrogens with one attached hydrogen (secondary N) is 1. The molecule has 0 spiro atoms. The molecule has 1 amide bonds. The lowest BCUT2D eigenvalue weighted by atomic mass is 9.95. The van der Waals surface area contributed by atoms with Gasteiger partial charge in [-0.3, -0.25) is 9.59 Å². The van der Waals surface area contributed by atoms with Crippen LogP contribution in [0.2, 0.25) is 10.0 Å². The molecule has 0 fully saturated rings. The van der Waals surface area contributed by atoms with Crippen LogP contribution in [0.5, 0.6) is 5.75 Å². The second-order valence-corrected chi connectivity index (χ2v) is 10.6. The molecule has 0 radical (unpaired) electrons. The van der Waals surface area contributed by atoms with Crippen LogP contribution in [0.25, 0.3) is 5.82 Å². The Morgan fingerprint density at radius 3 is 2.54 bits per heavy atom. The van der Waals surface area contributed by atoms with Crippen molar-refractivity contribution < 1.29 is 31.9 Å². The van der Waals surface area contributed by atoms with Crippen molar-refractivity contribution in [3.63, 3.8) is 0 Å². The summed E-state index contributed by atoms with van der Waals surface area (Å²) in [6, 6.07) is 13.4. The van der Waals surface area contributed by atoms with Crippen molar-refractivity contribution in [3.05, 3.63) is 110 Å². The number of amides is 1. The SMILES string of the molecule is Cc1cc(Cl)cc(C(=O)NCc2cccc(OC(F)F)c2)c1CC(=O)c1cc(Cn2nnc(C(F)F)n2)nn1-c1ncccc1Cl. The number of aromatic nitrogens is 7. The average Bonchev–Trinajstić information content (AvgIpc) is 3.65. The quantitative estimate of drug-likeness (QED) is 0.129. The lowest BCUT2D eigenvalue weighted by Gasteiger charge is -2.14. The first-order chi connectivity index (χ1) is 22.0. The number of carbonyl (C=O) groups is 2. The summed E-state index contributed by atoms with van der Waals surface area (Å²) in [5, 5.41) is 18.1. The Bertz CT molecular complexity index is 1900. The Morgan fingerprint density at radius 2 is 1.83 bits per heavy atom. The summed E-state index contributed by atoms with van der Waals surface area (Å²) >= 11 is 12.6. The highest BCUT2D eigenvalue weighted by Crippen LogP contribution is 2.26. The number of ketones is 1. The van der Waals surface area contributed by atoms with Crippen LogP contribution in [0.15, 0.2) is 60.8 Å². The first-order valence-corrected chi connectivity index (χ1v) is 14.1. The monoisotopic (exact) mass is 676 g/mol. The minimum Gasteiger partial charge on any atom is -0.435 e. The number of alkyl halides is 4. The molecule has 3 heterocycles. The zero-order valence-electron chi connectivity index (χ0n) is 23.7. The molecular formula is C29H22Cl2F4N8O3. The van der Waals surface area contributed by atoms with Crippen LogP contribution in [0.4, 0.5) is 17.6 Å². The molecule has 0 saturated heterocycles. The summed E-state index contributed by atoms with van der Waals surface area (Å²) in [4.78, 5) is 32.4. The molecule has 0 aliphatic rings. The zero-order valence-corrected chi connectivity index (χ0v) is 25.2. The van der Waals surface area contributed by atoms with Crippen LogP contribution in [-0.4, -0.2) is 53.3 Å². The number of rotatable bonds is 12. The van der Waals surface area contributed by atoms with Crippen molar-refractivity contribution in [2.45, 2.75) is 39.5 Å². The van der Waals surface area contributed by atoms with Crippen LogP contribution < -0.4 is 10.1 Å². The van der Waals surface area contributed by atoms with Gasteiger partial charge in [-0.2, -0.15) is 18.7 Å². The van der Waals surface area contributed by atoms with Gasteiger partial charge in [0, 0.05) is 29.7 Å². The minimum atomic E-state index is -3.00. The number of tetrazole rings is 1. The fourth-order valence-corrected chi connectivity index (χ4v) is 5.00. The van der Waals surface area contributed by atoms with Gasteiger partial charge in [-0.15, -0.1) is 10.2 Å². The molecule has 11 nitrogen and oxygen atoms in total. The van der Waals surface area contributed by atoms with Gasteiger partial charge in [-0.05, 0) is 71.3 Å². The third-order valence-corrected chi connectivity index (χ3v) is 7.06. The van der Waals surface area contributed by atoms with Gasteiger partial charge < -0.3 is 10.1 Å². The summed E-state index contributed by atoms with van der Waals surface area (Å²) in [6.07, 6.45) is -1.75. The van der Waals surface area contributed by atoms with Gasteiger partial charge in [0.1, 0.15) is 18.0 Å². The van der Waals surface area contributed by atoms with E-state index in [0.29, 0.717) is 16.7 Å². The number of hydrogen-bond donors (Lipinski definition) is 1. The lowest BCUT2D eigenvalue weighted by Crippen LogP contribution is -2.25. The molecule has 0 saturated carbocycles. The summed E-state index contributed by atoms with van der Waals surface area (Å²) in [5.74, 6) is -1.76. The number of halogens is 6. The van der Waals surface area contributed by atoms with E-state index in [4.69, 9.17) is 23.2 Å². The molecule has 0 aliphatic carbocycles. The van der Waals surface area contributed by atoms with Crippen molar-refractivity contribution in [2.24, 2.45) is 0 Å². The fourth-order valence-electron chi connectivity index (χ4n) is 4.53. The molecule has 5 rings (SSSR count). The number of pyridine rings is 1. The van der Waals surface area contributed by atoms with Gasteiger partial charge >= 0.3 is 13.0 Å². The highest BCUT2D eigenvalue weighted by Gasteiger charge is 2.24. The predicted molar refractivity (Wildman–Crippen MR) is 157 cm³/mol. The van der Waals surface area contributed by atoms with Gasteiger partial charge in [0.05, 0.1) is 10.7 Å². The van der Waals surface area contributed by atoms with Crippen molar-refractivity contribution in [1.29, 1.82) is 0 Å². The average molecular weight is 677 g/mol. The van der Waals surface area contributed by atoms with Crippen LogP contribution in [0, 0.1) is 6.92 Å². The maximum Gasteiger partial charge on any atom is 0.387 e. The standard InChI is InChI=1S/C29H22Cl2F4N8O3/c1-15-8-17(30)10-21(28(45)37-13-16-4-2-5-19(9-16)46-29(34)35)20(15)12-24(44)23-11-18(14-42-40-26(25(32)33)38-41-42)39-43(23)27-22(31)6-3-7-36-27/h2-11,25,29H,12-14H2,1H3,(H,37,45). The minimum absolute atomic E-state index is 0.0290. The number of carbonyl (C=O) groups excluding carboxylic acids is 2. The van der Waals surface area contributed by atoms with Crippen LogP contribution in [0.3, 0.4) is 0 Å². The lowest BCUT2D eigenvalue weighted by molar-refractivity contribution is -0.0499. The summed E-state index contributed by atoms with van der Waals surface area (Å²) < 4.78 is 56.8. The molecule has 2 aromatic carbocycles. The van der Waals surface area contributed by atoms with E-state index < -0.39 is 30.6 Å². The van der Waals surface area contributed by atoms with Crippen LogP contribution in [-0.2, 0) is 19.5 Å². The molecule has 238 valence electrons. The highest BCUT2D eigenvalue weighted by atomic mass is 35.5. The predicted octanol–water partition coefficient (Wildman–Crippen LogP) is 5.81. The molecule has 0 atom stereocenters. The van der Waals surface area contributed by atoms with Gasteiger partial charge in [-0.25, -0.2) is 18.4 Å². The van der Waals surface area contributed by atoms with E-state index >= 15 is 0 Å². The van der Waals surface area contributed by atoms with Gasteiger partial charge in [0.25, 0.3) is 5.91 Å². The number of Topliss-reactive ketones (excluding diaryl/α,β-unsaturated/α-hetero) is 1. The highest BCUT2D eigenvalue weighted by molar-refractivity contribution is 6.32. The van der Waals surface area contributed by atoms with Gasteiger partial charge in [-0.1, -0.05) is 35.3 Å². The van der Waals surface area contributed by atoms with E-state index in [0.717, 1.165) is 4.80 Å². The molecule has 17 heteroatoms. The van der Waals surface area contributed by atoms with Crippen molar-refractivity contribution in [3.8, 4) is 11.6 Å². The normalized spacial score (nSPS) is 11.3. The number of aryl methyl sites for hydroxylation is 1. The number of ether oxygens (including phenoxy) is 1. The smallest absolute Gasteiger partial charge is 0.387 e. The maximum atomic E-state index is 13.9. The largest absolute Gasteiger partial charge is 0.435 e. The van der Waals surface area contributed by atoms with Gasteiger partial charge in [0.15, 0.2) is 11.6 Å². The van der Waals surface area contributed by atoms with Crippen LogP contribution in [0.1, 0.15) is 55.5 Å².